The Morgan fingerprint density at radius 3 is 2.40 bits per heavy atom. The molecule has 4 N–H and O–H groups in total. The number of rotatable bonds is 1. The van der Waals surface area contributed by atoms with Crippen LogP contribution >= 0.6 is 15.9 Å². The summed E-state index contributed by atoms with van der Waals surface area (Å²) >= 11 is 3.32. The Morgan fingerprint density at radius 2 is 2.00 bits per heavy atom. The predicted octanol–water partition coefficient (Wildman–Crippen LogP) is -0.0865. The summed E-state index contributed by atoms with van der Waals surface area (Å²) in [7, 11) is 0. The Morgan fingerprint density at radius 1 is 1.40 bits per heavy atom. The number of hydrogen-bond acceptors (Lipinski definition) is 0. The highest BCUT2D eigenvalue weighted by atomic mass is 79.9. The number of hydrogen-bond donors (Lipinski definition) is 2. The molecule has 0 fully saturated rings. The van der Waals surface area contributed by atoms with Crippen LogP contribution in [0.25, 0.3) is 0 Å². The van der Waals surface area contributed by atoms with Gasteiger partial charge < -0.3 is 0 Å². The first-order chi connectivity index (χ1) is 4.72. The summed E-state index contributed by atoms with van der Waals surface area (Å²) in [5.74, 6) is 0.340. The molecule has 0 aliphatic rings. The minimum absolute atomic E-state index is 0.340. The lowest BCUT2D eigenvalue weighted by Crippen LogP contribution is -2.46. The molecule has 10 heavy (non-hydrogen) atoms. The van der Waals surface area contributed by atoms with E-state index < -0.39 is 0 Å². The first-order valence-corrected chi connectivity index (χ1v) is 3.64. The third-order valence-electron chi connectivity index (χ3n) is 1.18. The molecule has 52 valence electrons. The number of benzene rings is 1. The van der Waals surface area contributed by atoms with E-state index in [4.69, 9.17) is 11.1 Å². The molecule has 1 aromatic carbocycles. The third-order valence-corrected chi connectivity index (χ3v) is 1.88. The fourth-order valence-electron chi connectivity index (χ4n) is 0.695. The number of nitrogens with two attached hydrogens (primary N) is 2. The van der Waals surface area contributed by atoms with Gasteiger partial charge in [0.1, 0.15) is 0 Å². The molecule has 0 aromatic heterocycles. The van der Waals surface area contributed by atoms with E-state index in [9.17, 15) is 0 Å². The molecule has 3 heteroatoms. The molecular weight excluding hydrogens is 192 g/mol. The van der Waals surface area contributed by atoms with E-state index >= 15 is 0 Å². The highest BCUT2D eigenvalue weighted by Crippen LogP contribution is 2.13. The fourth-order valence-corrected chi connectivity index (χ4v) is 1.21. The number of halogens is 1. The van der Waals surface area contributed by atoms with Crippen LogP contribution in [0.5, 0.6) is 0 Å². The van der Waals surface area contributed by atoms with Crippen molar-refractivity contribution in [2.24, 2.45) is 5.73 Å². The van der Waals surface area contributed by atoms with Gasteiger partial charge in [0.15, 0.2) is 0 Å². The summed E-state index contributed by atoms with van der Waals surface area (Å²) in [6.45, 7) is 0. The molecule has 0 aliphatic heterocycles. The van der Waals surface area contributed by atoms with Crippen molar-refractivity contribution in [2.75, 3.05) is 0 Å². The van der Waals surface area contributed by atoms with Gasteiger partial charge in [-0.2, -0.15) is 0 Å². The second kappa shape index (κ2) is 2.84. The summed E-state index contributed by atoms with van der Waals surface area (Å²) in [4.78, 5) is 0. The van der Waals surface area contributed by atoms with Gasteiger partial charge in [-0.25, -0.2) is 0 Å². The van der Waals surface area contributed by atoms with Gasteiger partial charge in [-0.15, -0.1) is 0 Å². The molecule has 2 nitrogen and oxygen atoms in total. The van der Waals surface area contributed by atoms with Crippen molar-refractivity contribution in [1.82, 2.24) is 0 Å². The van der Waals surface area contributed by atoms with Gasteiger partial charge >= 0.3 is 0 Å². The van der Waals surface area contributed by atoms with E-state index in [1.807, 2.05) is 24.3 Å². The van der Waals surface area contributed by atoms with Crippen LogP contribution in [0.4, 0.5) is 0 Å². The minimum Gasteiger partial charge on any atom is -0.287 e. The summed E-state index contributed by atoms with van der Waals surface area (Å²) in [6.07, 6.45) is 0. The van der Waals surface area contributed by atoms with Gasteiger partial charge in [-0.05, 0) is 28.1 Å². The van der Waals surface area contributed by atoms with Crippen LogP contribution in [0.3, 0.4) is 0 Å². The molecule has 1 aromatic rings. The normalized spacial score (nSPS) is 9.30. The Labute approximate surface area is 67.7 Å². The van der Waals surface area contributed by atoms with Crippen molar-refractivity contribution < 1.29 is 5.41 Å². The Kier molecular flexibility index (Phi) is 2.06. The maximum absolute atomic E-state index is 5.38. The lowest BCUT2D eigenvalue weighted by atomic mass is 10.2. The lowest BCUT2D eigenvalue weighted by molar-refractivity contribution is -0.114. The highest BCUT2D eigenvalue weighted by Gasteiger charge is 2.03. The van der Waals surface area contributed by atoms with Crippen molar-refractivity contribution >= 4 is 21.8 Å². The smallest absolute Gasteiger partial charge is 0.271 e. The van der Waals surface area contributed by atoms with Crippen molar-refractivity contribution in [3.63, 3.8) is 0 Å². The van der Waals surface area contributed by atoms with E-state index in [1.54, 1.807) is 0 Å². The van der Waals surface area contributed by atoms with Crippen LogP contribution in [0.1, 0.15) is 5.56 Å². The Balaban J connectivity index is 3.15. The van der Waals surface area contributed by atoms with E-state index in [2.05, 4.69) is 15.9 Å². The zero-order chi connectivity index (χ0) is 7.56. The molecule has 1 rings (SSSR count). The quantitative estimate of drug-likeness (QED) is 0.483. The number of amidine groups is 1. The maximum Gasteiger partial charge on any atom is 0.271 e. The molecule has 0 aliphatic carbocycles. The van der Waals surface area contributed by atoms with Crippen LogP contribution in [-0.4, -0.2) is 5.84 Å². The third kappa shape index (κ3) is 1.36. The molecule has 0 atom stereocenters. The minimum atomic E-state index is 0.340. The molecular formula is C7H8BrN2+. The average Bonchev–Trinajstić information content (AvgIpc) is 1.88. The van der Waals surface area contributed by atoms with E-state index in [0.717, 1.165) is 10.0 Å². The van der Waals surface area contributed by atoms with Gasteiger partial charge in [0.2, 0.25) is 0 Å². The summed E-state index contributed by atoms with van der Waals surface area (Å²) in [5.41, 5.74) is 6.23. The molecule has 0 saturated heterocycles. The molecule has 0 spiro atoms. The largest absolute Gasteiger partial charge is 0.287 e. The van der Waals surface area contributed by atoms with Crippen molar-refractivity contribution in [2.45, 2.75) is 0 Å². The molecule has 0 amide bonds. The van der Waals surface area contributed by atoms with Crippen LogP contribution in [0, 0.1) is 0 Å². The monoisotopic (exact) mass is 199 g/mol. The molecule has 0 unspecified atom stereocenters. The Bertz CT molecular complexity index is 258. The van der Waals surface area contributed by atoms with Crippen molar-refractivity contribution in [3.8, 4) is 0 Å². The van der Waals surface area contributed by atoms with Gasteiger partial charge in [0, 0.05) is 4.47 Å². The predicted molar refractivity (Wildman–Crippen MR) is 44.4 cm³/mol. The van der Waals surface area contributed by atoms with E-state index in [-0.39, 0.29) is 0 Å². The molecule has 0 radical (unpaired) electrons. The van der Waals surface area contributed by atoms with E-state index in [0.29, 0.717) is 5.84 Å². The summed E-state index contributed by atoms with van der Waals surface area (Å²) in [5, 5.41) is 5.38. The van der Waals surface area contributed by atoms with Crippen LogP contribution in [0.15, 0.2) is 28.7 Å². The topological polar surface area (TPSA) is 51.6 Å². The zero-order valence-electron chi connectivity index (χ0n) is 5.34. The lowest BCUT2D eigenvalue weighted by Gasteiger charge is -1.94. The fraction of sp³-hybridized carbons (Fsp3) is 0. The first kappa shape index (κ1) is 7.28. The van der Waals surface area contributed by atoms with Gasteiger partial charge in [0.25, 0.3) is 5.84 Å². The molecule has 0 heterocycles. The molecule has 0 saturated carbocycles. The standard InChI is InChI=1S/C7H7BrN2/c8-6-4-2-1-3-5(6)7(9)10/h1-4H,(H3,9,10)/p+1. The maximum atomic E-state index is 5.38. The summed E-state index contributed by atoms with van der Waals surface area (Å²) < 4.78 is 0.926. The highest BCUT2D eigenvalue weighted by molar-refractivity contribution is 9.10. The first-order valence-electron chi connectivity index (χ1n) is 2.84. The van der Waals surface area contributed by atoms with Crippen LogP contribution in [-0.2, 0) is 0 Å². The average molecular weight is 200 g/mol. The van der Waals surface area contributed by atoms with Crippen LogP contribution < -0.4 is 11.1 Å². The van der Waals surface area contributed by atoms with Gasteiger partial charge in [-0.3, -0.25) is 11.1 Å². The summed E-state index contributed by atoms with van der Waals surface area (Å²) in [6, 6.07) is 7.56. The molecule has 0 bridgehead atoms. The van der Waals surface area contributed by atoms with Gasteiger partial charge in [-0.1, -0.05) is 12.1 Å². The SMILES string of the molecule is NC(=[NH2+])c1ccccc1Br. The van der Waals surface area contributed by atoms with Crippen LogP contribution in [0.2, 0.25) is 0 Å². The second-order valence-electron chi connectivity index (χ2n) is 1.94. The Hall–Kier alpha value is -0.830. The second-order valence-corrected chi connectivity index (χ2v) is 2.79. The van der Waals surface area contributed by atoms with Crippen molar-refractivity contribution in [3.05, 3.63) is 34.3 Å². The zero-order valence-corrected chi connectivity index (χ0v) is 6.93. The van der Waals surface area contributed by atoms with Gasteiger partial charge in [0.05, 0.1) is 5.56 Å². The van der Waals surface area contributed by atoms with E-state index in [1.165, 1.54) is 0 Å². The van der Waals surface area contributed by atoms with Crippen molar-refractivity contribution in [1.29, 1.82) is 0 Å².